The van der Waals surface area contributed by atoms with Crippen molar-refractivity contribution in [1.29, 1.82) is 0 Å². The van der Waals surface area contributed by atoms with Gasteiger partial charge in [-0.1, -0.05) is 30.3 Å². The van der Waals surface area contributed by atoms with Gasteiger partial charge in [0.2, 0.25) is 0 Å². The van der Waals surface area contributed by atoms with Gasteiger partial charge in [-0.15, -0.1) is 0 Å². The van der Waals surface area contributed by atoms with Crippen molar-refractivity contribution in [3.05, 3.63) is 78.0 Å². The fourth-order valence-electron chi connectivity index (χ4n) is 4.88. The lowest BCUT2D eigenvalue weighted by atomic mass is 10.1. The predicted molar refractivity (Wildman–Crippen MR) is 173 cm³/mol. The topological polar surface area (TPSA) is 109 Å². The third-order valence-corrected chi connectivity index (χ3v) is 6.73. The third-order valence-electron chi connectivity index (χ3n) is 6.73. The van der Waals surface area contributed by atoms with Crippen molar-refractivity contribution in [2.24, 2.45) is 0 Å². The van der Waals surface area contributed by atoms with E-state index in [0.29, 0.717) is 42.3 Å². The fraction of sp³-hybridized carbons (Fsp3) is 0.371. The Hall–Kier alpha value is -4.86. The Kier molecular flexibility index (Phi) is 9.85. The van der Waals surface area contributed by atoms with Crippen molar-refractivity contribution in [3.8, 4) is 23.0 Å². The molecular weight excluding hydrogens is 576 g/mol. The summed E-state index contributed by atoms with van der Waals surface area (Å²) in [6, 6.07) is 18.6. The van der Waals surface area contributed by atoms with Crippen molar-refractivity contribution < 1.29 is 38.4 Å². The molecule has 10 nitrogen and oxygen atoms in total. The maximum atomic E-state index is 12.4. The van der Waals surface area contributed by atoms with Crippen LogP contribution in [0.2, 0.25) is 0 Å². The molecule has 4 aromatic rings. The summed E-state index contributed by atoms with van der Waals surface area (Å²) in [6.45, 7) is 12.0. The number of carbonyl (C=O) groups excluding carboxylic acids is 2. The first kappa shape index (κ1) is 33.0. The molecule has 2 heterocycles. The van der Waals surface area contributed by atoms with Crippen LogP contribution < -0.4 is 19.1 Å². The van der Waals surface area contributed by atoms with E-state index in [-0.39, 0.29) is 11.8 Å². The molecule has 1 aliphatic rings. The molecule has 1 aliphatic heterocycles. The van der Waals surface area contributed by atoms with Gasteiger partial charge in [0.1, 0.15) is 17.8 Å². The summed E-state index contributed by atoms with van der Waals surface area (Å²) in [5, 5.41) is 10.5. The lowest BCUT2D eigenvalue weighted by Crippen LogP contribution is -2.35. The highest BCUT2D eigenvalue weighted by Gasteiger charge is 2.31. The molecule has 3 aromatic carbocycles. The molecular formula is C35H42N2O8. The largest absolute Gasteiger partial charge is 0.504 e. The van der Waals surface area contributed by atoms with Gasteiger partial charge >= 0.3 is 12.2 Å². The van der Waals surface area contributed by atoms with Crippen LogP contribution in [0.3, 0.4) is 0 Å². The van der Waals surface area contributed by atoms with E-state index in [1.54, 1.807) is 24.3 Å². The van der Waals surface area contributed by atoms with Crippen molar-refractivity contribution >= 4 is 28.8 Å². The van der Waals surface area contributed by atoms with Gasteiger partial charge in [-0.3, -0.25) is 9.47 Å². The highest BCUT2D eigenvalue weighted by molar-refractivity contribution is 5.95. The molecule has 1 amide bonds. The number of anilines is 1. The first-order chi connectivity index (χ1) is 21.2. The van der Waals surface area contributed by atoms with Crippen LogP contribution in [-0.4, -0.2) is 53.8 Å². The Morgan fingerprint density at radius 3 is 2.07 bits per heavy atom. The zero-order valence-electron chi connectivity index (χ0n) is 27.2. The highest BCUT2D eigenvalue weighted by Crippen LogP contribution is 2.41. The molecule has 5 rings (SSSR count). The summed E-state index contributed by atoms with van der Waals surface area (Å²) < 4.78 is 29.0. The maximum Gasteiger partial charge on any atom is 0.418 e. The minimum absolute atomic E-state index is 0.0901. The van der Waals surface area contributed by atoms with E-state index < -0.39 is 17.3 Å². The number of methoxy groups -OCH3 is 2. The number of hydrogen-bond donors (Lipinski definition) is 1. The number of benzene rings is 3. The van der Waals surface area contributed by atoms with Crippen LogP contribution >= 0.6 is 0 Å². The second-order valence-corrected chi connectivity index (χ2v) is 12.5. The molecule has 1 N–H and O–H groups in total. The maximum absolute atomic E-state index is 12.4. The first-order valence-corrected chi connectivity index (χ1v) is 14.7. The van der Waals surface area contributed by atoms with E-state index in [0.717, 1.165) is 22.2 Å². The van der Waals surface area contributed by atoms with Crippen LogP contribution in [0, 0.1) is 0 Å². The first-order valence-electron chi connectivity index (χ1n) is 14.7. The van der Waals surface area contributed by atoms with E-state index >= 15 is 0 Å². The number of rotatable bonds is 5. The number of amides is 1. The minimum Gasteiger partial charge on any atom is -0.504 e. The molecule has 0 radical (unpaired) electrons. The number of phenolic OH excluding ortho intramolecular Hbond substituents is 1. The molecule has 0 unspecified atom stereocenters. The summed E-state index contributed by atoms with van der Waals surface area (Å²) in [5.74, 6) is 1.75. The van der Waals surface area contributed by atoms with Crippen molar-refractivity contribution in [2.45, 2.75) is 65.8 Å². The van der Waals surface area contributed by atoms with Crippen LogP contribution in [0.15, 0.2) is 66.9 Å². The predicted octanol–water partition coefficient (Wildman–Crippen LogP) is 7.71. The van der Waals surface area contributed by atoms with Crippen LogP contribution in [0.4, 0.5) is 15.3 Å². The van der Waals surface area contributed by atoms with Gasteiger partial charge < -0.3 is 28.8 Å². The molecule has 10 heteroatoms. The van der Waals surface area contributed by atoms with Gasteiger partial charge in [0.15, 0.2) is 23.0 Å². The number of ether oxygens (including phenoxy) is 5. The second-order valence-electron chi connectivity index (χ2n) is 12.5. The lowest BCUT2D eigenvalue weighted by Gasteiger charge is -2.24. The number of fused-ring (bicyclic) bond motifs is 2. The standard InChI is InChI=1S/C21H23NO4.C14H19NO4/c1-21(2,3)26-20(23)22-13-12-16-17(22)10-11-18(19(16)24-4)25-14-15-8-6-5-7-9-15;1-14(2,3)19-13(17)15-8-7-9-10(15)5-6-11(16)12(9)18-4/h5-13H,14H2,1-4H3;5-6,16H,7-8H2,1-4H3. The highest BCUT2D eigenvalue weighted by atomic mass is 16.6. The number of hydrogen-bond acceptors (Lipinski definition) is 8. The Labute approximate surface area is 264 Å². The van der Waals surface area contributed by atoms with Gasteiger partial charge in [0.05, 0.1) is 25.4 Å². The summed E-state index contributed by atoms with van der Waals surface area (Å²) >= 11 is 0. The number of phenols is 1. The van der Waals surface area contributed by atoms with E-state index in [9.17, 15) is 14.7 Å². The minimum atomic E-state index is -0.559. The monoisotopic (exact) mass is 618 g/mol. The van der Waals surface area contributed by atoms with Gasteiger partial charge in [-0.05, 0) is 83.9 Å². The lowest BCUT2D eigenvalue weighted by molar-refractivity contribution is 0.0541. The van der Waals surface area contributed by atoms with Gasteiger partial charge in [-0.2, -0.15) is 0 Å². The normalized spacial score (nSPS) is 12.6. The molecule has 240 valence electrons. The number of nitrogens with zero attached hydrogens (tertiary/aromatic N) is 2. The fourth-order valence-corrected chi connectivity index (χ4v) is 4.88. The Morgan fingerprint density at radius 2 is 1.44 bits per heavy atom. The van der Waals surface area contributed by atoms with Crippen LogP contribution in [0.1, 0.15) is 52.7 Å². The third kappa shape index (κ3) is 8.00. The average molecular weight is 619 g/mol. The molecule has 0 spiro atoms. The van der Waals surface area contributed by atoms with Gasteiger partial charge in [0, 0.05) is 23.7 Å². The summed E-state index contributed by atoms with van der Waals surface area (Å²) in [5.41, 5.74) is 2.28. The van der Waals surface area contributed by atoms with E-state index in [2.05, 4.69) is 0 Å². The van der Waals surface area contributed by atoms with Crippen LogP contribution in [-0.2, 0) is 22.5 Å². The summed E-state index contributed by atoms with van der Waals surface area (Å²) in [7, 11) is 3.10. The zero-order valence-corrected chi connectivity index (χ0v) is 27.2. The SMILES string of the molecule is COc1c(O)ccc2c1CCN2C(=O)OC(C)(C)C.COc1c(OCc2ccccc2)ccc2c1ccn2C(=O)OC(C)(C)C. The molecule has 0 fully saturated rings. The molecule has 0 saturated carbocycles. The molecule has 1 aromatic heterocycles. The average Bonchev–Trinajstić information content (AvgIpc) is 3.60. The molecule has 0 saturated heterocycles. The van der Waals surface area contributed by atoms with Gasteiger partial charge in [-0.25, -0.2) is 9.59 Å². The number of carbonyl (C=O) groups is 2. The Bertz CT molecular complexity index is 1650. The molecule has 45 heavy (non-hydrogen) atoms. The van der Waals surface area contributed by atoms with Crippen molar-refractivity contribution in [2.75, 3.05) is 25.7 Å². The quantitative estimate of drug-likeness (QED) is 0.242. The Morgan fingerprint density at radius 1 is 0.800 bits per heavy atom. The summed E-state index contributed by atoms with van der Waals surface area (Å²) in [6.07, 6.45) is 1.53. The van der Waals surface area contributed by atoms with Crippen LogP contribution in [0.5, 0.6) is 23.0 Å². The van der Waals surface area contributed by atoms with Gasteiger partial charge in [0.25, 0.3) is 0 Å². The Balaban J connectivity index is 0.000000215. The smallest absolute Gasteiger partial charge is 0.418 e. The van der Waals surface area contributed by atoms with Crippen LogP contribution in [0.25, 0.3) is 10.9 Å². The second kappa shape index (κ2) is 13.4. The van der Waals surface area contributed by atoms with E-state index in [1.807, 2.05) is 90.1 Å². The van der Waals surface area contributed by atoms with Crippen molar-refractivity contribution in [3.63, 3.8) is 0 Å². The summed E-state index contributed by atoms with van der Waals surface area (Å²) in [4.78, 5) is 26.1. The van der Waals surface area contributed by atoms with E-state index in [4.69, 9.17) is 23.7 Å². The molecule has 0 aliphatic carbocycles. The van der Waals surface area contributed by atoms with E-state index in [1.165, 1.54) is 17.7 Å². The zero-order chi connectivity index (χ0) is 32.9. The number of aromatic nitrogens is 1. The molecule has 0 atom stereocenters. The molecule has 0 bridgehead atoms. The van der Waals surface area contributed by atoms with Crippen molar-refractivity contribution in [1.82, 2.24) is 4.57 Å². The number of aromatic hydroxyl groups is 1.